The second-order valence-electron chi connectivity index (χ2n) is 7.49. The third kappa shape index (κ3) is 4.56. The second-order valence-corrected chi connectivity index (χ2v) is 7.49. The number of methoxy groups -OCH3 is 1. The van der Waals surface area contributed by atoms with Gasteiger partial charge in [0.1, 0.15) is 11.6 Å². The normalized spacial score (nSPS) is 14.3. The minimum Gasteiger partial charge on any atom is -0.497 e. The van der Waals surface area contributed by atoms with Crippen molar-refractivity contribution < 1.29 is 31.9 Å². The Morgan fingerprint density at radius 3 is 2.15 bits per heavy atom. The molecule has 0 saturated carbocycles. The van der Waals surface area contributed by atoms with Gasteiger partial charge in [0, 0.05) is 31.7 Å². The quantitative estimate of drug-likeness (QED) is 0.540. The average molecular weight is 477 g/mol. The molecule has 2 aromatic carbocycles. The molecule has 1 aliphatic heterocycles. The van der Waals surface area contributed by atoms with E-state index in [1.54, 1.807) is 24.3 Å². The highest BCUT2D eigenvalue weighted by molar-refractivity contribution is 5.96. The van der Waals surface area contributed by atoms with Crippen LogP contribution < -0.4 is 4.74 Å². The number of halogens is 4. The van der Waals surface area contributed by atoms with Crippen molar-refractivity contribution in [2.45, 2.75) is 6.18 Å². The van der Waals surface area contributed by atoms with Crippen molar-refractivity contribution in [3.05, 3.63) is 71.3 Å². The first-order chi connectivity index (χ1) is 16.2. The van der Waals surface area contributed by atoms with Gasteiger partial charge in [-0.05, 0) is 42.5 Å². The number of nitrogens with zero attached hydrogens (tertiary/aromatic N) is 5. The molecule has 12 heteroatoms. The Bertz CT molecular complexity index is 1200. The molecule has 0 unspecified atom stereocenters. The lowest BCUT2D eigenvalue weighted by Gasteiger charge is -2.34. The second kappa shape index (κ2) is 9.12. The van der Waals surface area contributed by atoms with E-state index in [1.807, 2.05) is 0 Å². The van der Waals surface area contributed by atoms with Crippen LogP contribution in [0.3, 0.4) is 0 Å². The van der Waals surface area contributed by atoms with Crippen LogP contribution in [0.15, 0.2) is 48.5 Å². The molecule has 2 heterocycles. The van der Waals surface area contributed by atoms with Crippen molar-refractivity contribution >= 4 is 11.8 Å². The van der Waals surface area contributed by atoms with Gasteiger partial charge in [0.2, 0.25) is 0 Å². The molecule has 0 bridgehead atoms. The Kier molecular flexibility index (Phi) is 6.22. The lowest BCUT2D eigenvalue weighted by molar-refractivity contribution is -0.143. The Balaban J connectivity index is 1.52. The van der Waals surface area contributed by atoms with E-state index in [0.29, 0.717) is 16.0 Å². The highest BCUT2D eigenvalue weighted by atomic mass is 19.4. The van der Waals surface area contributed by atoms with Gasteiger partial charge < -0.3 is 14.5 Å². The summed E-state index contributed by atoms with van der Waals surface area (Å²) in [6.07, 6.45) is -4.94. The zero-order valence-corrected chi connectivity index (χ0v) is 17.9. The summed E-state index contributed by atoms with van der Waals surface area (Å²) in [5.41, 5.74) is -1.89. The summed E-state index contributed by atoms with van der Waals surface area (Å²) in [4.78, 5) is 28.4. The number of hydrogen-bond acceptors (Lipinski definition) is 5. The predicted octanol–water partition coefficient (Wildman–Crippen LogP) is 3.03. The van der Waals surface area contributed by atoms with Crippen LogP contribution in [0.1, 0.15) is 26.5 Å². The fourth-order valence-electron chi connectivity index (χ4n) is 3.64. The monoisotopic (exact) mass is 477 g/mol. The number of ether oxygens (including phenoxy) is 1. The number of carbonyl (C=O) groups is 2. The molecule has 0 aliphatic carbocycles. The number of amides is 2. The molecule has 8 nitrogen and oxygen atoms in total. The molecular weight excluding hydrogens is 458 g/mol. The van der Waals surface area contributed by atoms with E-state index in [2.05, 4.69) is 10.3 Å². The van der Waals surface area contributed by atoms with Gasteiger partial charge in [-0.25, -0.2) is 9.07 Å². The molecule has 2 amide bonds. The summed E-state index contributed by atoms with van der Waals surface area (Å²) < 4.78 is 60.3. The van der Waals surface area contributed by atoms with E-state index < -0.39 is 29.3 Å². The predicted molar refractivity (Wildman–Crippen MR) is 111 cm³/mol. The Morgan fingerprint density at radius 2 is 1.56 bits per heavy atom. The topological polar surface area (TPSA) is 80.6 Å². The maximum Gasteiger partial charge on any atom is 0.435 e. The van der Waals surface area contributed by atoms with Crippen molar-refractivity contribution in [3.63, 3.8) is 0 Å². The maximum atomic E-state index is 13.8. The molecule has 178 valence electrons. The molecule has 1 aliphatic rings. The van der Waals surface area contributed by atoms with E-state index in [4.69, 9.17) is 4.74 Å². The van der Waals surface area contributed by atoms with Crippen molar-refractivity contribution in [1.82, 2.24) is 24.8 Å². The molecule has 1 fully saturated rings. The molecule has 34 heavy (non-hydrogen) atoms. The third-order valence-corrected chi connectivity index (χ3v) is 5.38. The highest BCUT2D eigenvalue weighted by Gasteiger charge is 2.43. The van der Waals surface area contributed by atoms with Crippen LogP contribution in [0.4, 0.5) is 17.6 Å². The minimum absolute atomic E-state index is 0.0231. The fraction of sp³-hybridized carbons (Fsp3) is 0.273. The van der Waals surface area contributed by atoms with Gasteiger partial charge in [-0.15, -0.1) is 5.10 Å². The number of carbonyl (C=O) groups excluding carboxylic acids is 2. The zero-order valence-electron chi connectivity index (χ0n) is 17.9. The van der Waals surface area contributed by atoms with Crippen molar-refractivity contribution in [3.8, 4) is 11.4 Å². The maximum absolute atomic E-state index is 13.8. The summed E-state index contributed by atoms with van der Waals surface area (Å²) in [5, 5.41) is 6.99. The minimum atomic E-state index is -4.94. The summed E-state index contributed by atoms with van der Waals surface area (Å²) in [6, 6.07) is 10.8. The number of rotatable bonds is 4. The number of aromatic nitrogens is 3. The molecule has 0 radical (unpaired) electrons. The molecule has 0 spiro atoms. The van der Waals surface area contributed by atoms with Crippen LogP contribution in [-0.4, -0.2) is 69.9 Å². The molecular formula is C22H19F4N5O3. The van der Waals surface area contributed by atoms with Gasteiger partial charge in [-0.2, -0.15) is 13.2 Å². The van der Waals surface area contributed by atoms with Crippen molar-refractivity contribution in [2.75, 3.05) is 33.3 Å². The van der Waals surface area contributed by atoms with Crippen molar-refractivity contribution in [2.24, 2.45) is 0 Å². The average Bonchev–Trinajstić information content (AvgIpc) is 3.30. The summed E-state index contributed by atoms with van der Waals surface area (Å²) in [7, 11) is 1.48. The number of piperazine rings is 1. The van der Waals surface area contributed by atoms with Gasteiger partial charge in [-0.1, -0.05) is 11.3 Å². The molecule has 1 saturated heterocycles. The van der Waals surface area contributed by atoms with E-state index in [9.17, 15) is 27.2 Å². The van der Waals surface area contributed by atoms with E-state index >= 15 is 0 Å². The molecule has 0 N–H and O–H groups in total. The van der Waals surface area contributed by atoms with Crippen LogP contribution >= 0.6 is 0 Å². The first-order valence-corrected chi connectivity index (χ1v) is 10.2. The van der Waals surface area contributed by atoms with Gasteiger partial charge in [0.25, 0.3) is 11.8 Å². The standard InChI is InChI=1S/C22H19F4N5O3/c1-34-17-4-2-3-14(13-17)20(32)29-9-11-30(12-10-29)21(33)18-19(22(24,25)26)31(28-27-18)16-7-5-15(23)6-8-16/h2-8,13H,9-12H2,1H3. The van der Waals surface area contributed by atoms with Crippen LogP contribution in [0.5, 0.6) is 5.75 Å². The zero-order chi connectivity index (χ0) is 24.5. The first kappa shape index (κ1) is 23.2. The number of alkyl halides is 3. The SMILES string of the molecule is COc1cccc(C(=O)N2CCN(C(=O)c3nnn(-c4ccc(F)cc4)c3C(F)(F)F)CC2)c1. The molecule has 3 aromatic rings. The largest absolute Gasteiger partial charge is 0.497 e. The van der Waals surface area contributed by atoms with Gasteiger partial charge in [-0.3, -0.25) is 9.59 Å². The first-order valence-electron chi connectivity index (χ1n) is 10.2. The lowest BCUT2D eigenvalue weighted by Crippen LogP contribution is -2.51. The van der Waals surface area contributed by atoms with Crippen molar-refractivity contribution in [1.29, 1.82) is 0 Å². The summed E-state index contributed by atoms with van der Waals surface area (Å²) in [5.74, 6) is -1.34. The van der Waals surface area contributed by atoms with E-state index in [-0.39, 0.29) is 37.8 Å². The van der Waals surface area contributed by atoms with E-state index in [1.165, 1.54) is 16.9 Å². The van der Waals surface area contributed by atoms with Crippen LogP contribution in [0.2, 0.25) is 0 Å². The molecule has 1 aromatic heterocycles. The highest BCUT2D eigenvalue weighted by Crippen LogP contribution is 2.33. The third-order valence-electron chi connectivity index (χ3n) is 5.38. The van der Waals surface area contributed by atoms with Crippen LogP contribution in [0.25, 0.3) is 5.69 Å². The van der Waals surface area contributed by atoms with E-state index in [0.717, 1.165) is 24.3 Å². The Hall–Kier alpha value is -3.96. The lowest BCUT2D eigenvalue weighted by atomic mass is 10.1. The summed E-state index contributed by atoms with van der Waals surface area (Å²) >= 11 is 0. The summed E-state index contributed by atoms with van der Waals surface area (Å²) in [6.45, 7) is 0.314. The van der Waals surface area contributed by atoms with Gasteiger partial charge >= 0.3 is 6.18 Å². The number of benzene rings is 2. The van der Waals surface area contributed by atoms with Crippen LogP contribution in [0, 0.1) is 5.82 Å². The fourth-order valence-corrected chi connectivity index (χ4v) is 3.64. The smallest absolute Gasteiger partial charge is 0.435 e. The number of hydrogen-bond donors (Lipinski definition) is 0. The van der Waals surface area contributed by atoms with Gasteiger partial charge in [0.05, 0.1) is 12.8 Å². The Morgan fingerprint density at radius 1 is 0.941 bits per heavy atom. The molecule has 4 rings (SSSR count). The van der Waals surface area contributed by atoms with Crippen LogP contribution in [-0.2, 0) is 6.18 Å². The Labute approximate surface area is 191 Å². The molecule has 0 atom stereocenters. The van der Waals surface area contributed by atoms with Gasteiger partial charge in [0.15, 0.2) is 11.4 Å².